The summed E-state index contributed by atoms with van der Waals surface area (Å²) in [5.74, 6) is 0.143. The number of nitrogens with one attached hydrogen (secondary N) is 1. The summed E-state index contributed by atoms with van der Waals surface area (Å²) in [6.07, 6.45) is 3.13. The van der Waals surface area contributed by atoms with Crippen molar-refractivity contribution in [3.63, 3.8) is 0 Å². The summed E-state index contributed by atoms with van der Waals surface area (Å²) in [5, 5.41) is 7.33. The van der Waals surface area contributed by atoms with Gasteiger partial charge in [-0.25, -0.2) is 0 Å². The standard InChI is InChI=1S/C13H20N2OS/c1-2-13(16)14-9-12(11-5-8-17-10-11)15-6-3-4-7-15/h5,8,10,12H,2-4,6-7,9H2,1H3,(H,14,16). The Labute approximate surface area is 107 Å². The summed E-state index contributed by atoms with van der Waals surface area (Å²) < 4.78 is 0. The van der Waals surface area contributed by atoms with E-state index in [1.807, 2.05) is 6.92 Å². The number of likely N-dealkylation sites (tertiary alicyclic amines) is 1. The molecule has 3 nitrogen and oxygen atoms in total. The van der Waals surface area contributed by atoms with Crippen molar-refractivity contribution in [1.29, 1.82) is 0 Å². The Kier molecular flexibility index (Phi) is 4.57. The van der Waals surface area contributed by atoms with Gasteiger partial charge >= 0.3 is 0 Å². The lowest BCUT2D eigenvalue weighted by Crippen LogP contribution is -2.36. The molecule has 4 heteroatoms. The lowest BCUT2D eigenvalue weighted by Gasteiger charge is -2.27. The van der Waals surface area contributed by atoms with Gasteiger partial charge in [-0.1, -0.05) is 6.92 Å². The minimum absolute atomic E-state index is 0.143. The topological polar surface area (TPSA) is 32.3 Å². The maximum Gasteiger partial charge on any atom is 0.219 e. The predicted molar refractivity (Wildman–Crippen MR) is 71.2 cm³/mol. The van der Waals surface area contributed by atoms with Crippen molar-refractivity contribution in [2.45, 2.75) is 32.2 Å². The molecule has 2 rings (SSSR count). The Morgan fingerprint density at radius 2 is 2.29 bits per heavy atom. The average Bonchev–Trinajstić information content (AvgIpc) is 3.01. The number of rotatable bonds is 5. The maximum absolute atomic E-state index is 11.4. The molecule has 1 saturated heterocycles. The number of carbonyl (C=O) groups is 1. The summed E-state index contributed by atoms with van der Waals surface area (Å²) in [4.78, 5) is 13.9. The summed E-state index contributed by atoms with van der Waals surface area (Å²) in [6, 6.07) is 2.53. The molecule has 1 N–H and O–H groups in total. The zero-order valence-corrected chi connectivity index (χ0v) is 11.1. The van der Waals surface area contributed by atoms with Crippen LogP contribution in [0.5, 0.6) is 0 Å². The molecule has 0 radical (unpaired) electrons. The maximum atomic E-state index is 11.4. The Morgan fingerprint density at radius 1 is 1.53 bits per heavy atom. The molecule has 0 aromatic carbocycles. The molecule has 1 aliphatic rings. The van der Waals surface area contributed by atoms with Crippen molar-refractivity contribution in [3.8, 4) is 0 Å². The Bertz CT molecular complexity index is 344. The third-order valence-electron chi connectivity index (χ3n) is 3.32. The molecule has 1 aromatic heterocycles. The highest BCUT2D eigenvalue weighted by Gasteiger charge is 2.23. The van der Waals surface area contributed by atoms with Gasteiger partial charge in [-0.3, -0.25) is 9.69 Å². The van der Waals surface area contributed by atoms with Gasteiger partial charge in [0.1, 0.15) is 0 Å². The fraction of sp³-hybridized carbons (Fsp3) is 0.615. The molecule has 0 spiro atoms. The molecule has 1 aliphatic heterocycles. The summed E-state index contributed by atoms with van der Waals surface area (Å²) in [5.41, 5.74) is 1.34. The van der Waals surface area contributed by atoms with Crippen molar-refractivity contribution in [2.24, 2.45) is 0 Å². The van der Waals surface area contributed by atoms with Crippen LogP contribution < -0.4 is 5.32 Å². The minimum atomic E-state index is 0.143. The normalized spacial score (nSPS) is 18.2. The highest BCUT2D eigenvalue weighted by Crippen LogP contribution is 2.26. The average molecular weight is 252 g/mol. The first-order valence-electron chi connectivity index (χ1n) is 6.34. The van der Waals surface area contributed by atoms with Crippen LogP contribution in [0, 0.1) is 0 Å². The summed E-state index contributed by atoms with van der Waals surface area (Å²) in [6.45, 7) is 4.94. The van der Waals surface area contributed by atoms with Gasteiger partial charge < -0.3 is 5.32 Å². The predicted octanol–water partition coefficient (Wildman–Crippen LogP) is 2.41. The Morgan fingerprint density at radius 3 is 2.88 bits per heavy atom. The van der Waals surface area contributed by atoms with Gasteiger partial charge in [0.2, 0.25) is 5.91 Å². The van der Waals surface area contributed by atoms with E-state index in [0.29, 0.717) is 12.5 Å². The van der Waals surface area contributed by atoms with E-state index in [-0.39, 0.29) is 5.91 Å². The first-order chi connectivity index (χ1) is 8.31. The third-order valence-corrected chi connectivity index (χ3v) is 4.02. The van der Waals surface area contributed by atoms with Gasteiger partial charge in [-0.2, -0.15) is 11.3 Å². The highest BCUT2D eigenvalue weighted by molar-refractivity contribution is 7.07. The lowest BCUT2D eigenvalue weighted by molar-refractivity contribution is -0.121. The molecule has 1 fully saturated rings. The Balaban J connectivity index is 1.99. The quantitative estimate of drug-likeness (QED) is 0.873. The van der Waals surface area contributed by atoms with Gasteiger partial charge in [0.15, 0.2) is 0 Å². The molecule has 1 aromatic rings. The van der Waals surface area contributed by atoms with Crippen LogP contribution >= 0.6 is 11.3 Å². The molecule has 94 valence electrons. The van der Waals surface area contributed by atoms with Crippen molar-refractivity contribution < 1.29 is 4.79 Å². The van der Waals surface area contributed by atoms with Crippen LogP contribution in [0.2, 0.25) is 0 Å². The summed E-state index contributed by atoms with van der Waals surface area (Å²) in [7, 11) is 0. The Hall–Kier alpha value is -0.870. The monoisotopic (exact) mass is 252 g/mol. The molecule has 0 bridgehead atoms. The van der Waals surface area contributed by atoms with Crippen molar-refractivity contribution in [2.75, 3.05) is 19.6 Å². The molecule has 1 amide bonds. The van der Waals surface area contributed by atoms with Gasteiger partial charge in [0.25, 0.3) is 0 Å². The van der Waals surface area contributed by atoms with Crippen LogP contribution in [0.15, 0.2) is 16.8 Å². The van der Waals surface area contributed by atoms with E-state index in [4.69, 9.17) is 0 Å². The molecule has 0 saturated carbocycles. The zero-order chi connectivity index (χ0) is 12.1. The number of amides is 1. The van der Waals surface area contributed by atoms with E-state index in [2.05, 4.69) is 27.0 Å². The number of nitrogens with zero attached hydrogens (tertiary/aromatic N) is 1. The van der Waals surface area contributed by atoms with Crippen LogP contribution in [-0.4, -0.2) is 30.4 Å². The van der Waals surface area contributed by atoms with Crippen molar-refractivity contribution >= 4 is 17.2 Å². The van der Waals surface area contributed by atoms with Crippen LogP contribution in [0.1, 0.15) is 37.8 Å². The van der Waals surface area contributed by atoms with Gasteiger partial charge in [0, 0.05) is 13.0 Å². The molecular formula is C13H20N2OS. The molecule has 2 heterocycles. The second kappa shape index (κ2) is 6.17. The number of hydrogen-bond acceptors (Lipinski definition) is 3. The molecule has 1 atom stereocenters. The highest BCUT2D eigenvalue weighted by atomic mass is 32.1. The molecule has 17 heavy (non-hydrogen) atoms. The number of thiophene rings is 1. The molecule has 0 aliphatic carbocycles. The molecule has 1 unspecified atom stereocenters. The van der Waals surface area contributed by atoms with Crippen molar-refractivity contribution in [3.05, 3.63) is 22.4 Å². The van der Waals surface area contributed by atoms with Crippen molar-refractivity contribution in [1.82, 2.24) is 10.2 Å². The van der Waals surface area contributed by atoms with Gasteiger partial charge in [-0.15, -0.1) is 0 Å². The molecular weight excluding hydrogens is 232 g/mol. The number of carbonyl (C=O) groups excluding carboxylic acids is 1. The van der Waals surface area contributed by atoms with Gasteiger partial charge in [-0.05, 0) is 48.3 Å². The largest absolute Gasteiger partial charge is 0.354 e. The SMILES string of the molecule is CCC(=O)NCC(c1ccsc1)N1CCCC1. The van der Waals surface area contributed by atoms with Crippen LogP contribution in [0.3, 0.4) is 0 Å². The van der Waals surface area contributed by atoms with E-state index < -0.39 is 0 Å². The van der Waals surface area contributed by atoms with E-state index in [1.165, 1.54) is 18.4 Å². The van der Waals surface area contributed by atoms with Gasteiger partial charge in [0.05, 0.1) is 6.04 Å². The number of hydrogen-bond donors (Lipinski definition) is 1. The smallest absolute Gasteiger partial charge is 0.219 e. The van der Waals surface area contributed by atoms with E-state index >= 15 is 0 Å². The van der Waals surface area contributed by atoms with Crippen LogP contribution in [-0.2, 0) is 4.79 Å². The lowest BCUT2D eigenvalue weighted by atomic mass is 10.1. The van der Waals surface area contributed by atoms with Crippen LogP contribution in [0.25, 0.3) is 0 Å². The fourth-order valence-corrected chi connectivity index (χ4v) is 3.02. The summed E-state index contributed by atoms with van der Waals surface area (Å²) >= 11 is 1.73. The van der Waals surface area contributed by atoms with E-state index in [9.17, 15) is 4.79 Å². The van der Waals surface area contributed by atoms with Crippen LogP contribution in [0.4, 0.5) is 0 Å². The fourth-order valence-electron chi connectivity index (χ4n) is 2.31. The zero-order valence-electron chi connectivity index (χ0n) is 10.3. The van der Waals surface area contributed by atoms with E-state index in [1.54, 1.807) is 11.3 Å². The first kappa shape index (κ1) is 12.6. The second-order valence-electron chi connectivity index (χ2n) is 4.47. The first-order valence-corrected chi connectivity index (χ1v) is 7.28. The minimum Gasteiger partial charge on any atom is -0.354 e. The van der Waals surface area contributed by atoms with E-state index in [0.717, 1.165) is 19.6 Å². The second-order valence-corrected chi connectivity index (χ2v) is 5.25. The third kappa shape index (κ3) is 3.30.